The lowest BCUT2D eigenvalue weighted by Crippen LogP contribution is -2.24. The number of hydrogen-bond acceptors (Lipinski definition) is 7. The Labute approximate surface area is 180 Å². The SMILES string of the molecule is CCC1SC(=NN=Cc2cccc(OS(=O)(=O)c3c(C)cc(C)cc3C)c2)NC1=O. The number of carbonyl (C=O) groups is 1. The molecule has 158 valence electrons. The van der Waals surface area contributed by atoms with Crippen molar-refractivity contribution >= 4 is 39.2 Å². The molecule has 1 amide bonds. The van der Waals surface area contributed by atoms with E-state index in [4.69, 9.17) is 4.18 Å². The third-order valence-corrected chi connectivity index (χ3v) is 7.22. The van der Waals surface area contributed by atoms with E-state index < -0.39 is 10.1 Å². The zero-order valence-corrected chi connectivity index (χ0v) is 18.8. The highest BCUT2D eigenvalue weighted by molar-refractivity contribution is 8.15. The van der Waals surface area contributed by atoms with Gasteiger partial charge in [-0.1, -0.05) is 48.5 Å². The molecule has 1 aliphatic heterocycles. The van der Waals surface area contributed by atoms with E-state index in [-0.39, 0.29) is 21.8 Å². The average Bonchev–Trinajstić information content (AvgIpc) is 3.00. The number of rotatable bonds is 6. The van der Waals surface area contributed by atoms with Crippen LogP contribution in [0, 0.1) is 20.8 Å². The molecular weight excluding hydrogens is 422 g/mol. The summed E-state index contributed by atoms with van der Waals surface area (Å²) in [5, 5.41) is 11.0. The number of amidine groups is 1. The van der Waals surface area contributed by atoms with Crippen LogP contribution in [0.5, 0.6) is 5.75 Å². The first-order chi connectivity index (χ1) is 14.2. The van der Waals surface area contributed by atoms with Crippen molar-refractivity contribution in [2.24, 2.45) is 10.2 Å². The highest BCUT2D eigenvalue weighted by Crippen LogP contribution is 2.26. The number of nitrogens with zero attached hydrogens (tertiary/aromatic N) is 2. The summed E-state index contributed by atoms with van der Waals surface area (Å²) in [6.45, 7) is 7.35. The van der Waals surface area contributed by atoms with Crippen molar-refractivity contribution in [3.8, 4) is 5.75 Å². The molecule has 1 unspecified atom stereocenters. The Morgan fingerprint density at radius 2 is 1.87 bits per heavy atom. The topological polar surface area (TPSA) is 97.2 Å². The van der Waals surface area contributed by atoms with Crippen LogP contribution in [0.1, 0.15) is 35.6 Å². The molecule has 1 aliphatic rings. The highest BCUT2D eigenvalue weighted by Gasteiger charge is 2.28. The van der Waals surface area contributed by atoms with Gasteiger partial charge in [-0.3, -0.25) is 4.79 Å². The number of thioether (sulfide) groups is 1. The number of aryl methyl sites for hydroxylation is 3. The van der Waals surface area contributed by atoms with Crippen LogP contribution < -0.4 is 9.50 Å². The number of carbonyl (C=O) groups excluding carboxylic acids is 1. The Morgan fingerprint density at radius 1 is 1.17 bits per heavy atom. The fourth-order valence-electron chi connectivity index (χ4n) is 3.25. The van der Waals surface area contributed by atoms with E-state index in [1.165, 1.54) is 18.0 Å². The first kappa shape index (κ1) is 22.0. The van der Waals surface area contributed by atoms with Gasteiger partial charge in [0.15, 0.2) is 5.17 Å². The van der Waals surface area contributed by atoms with E-state index in [0.717, 1.165) is 5.56 Å². The summed E-state index contributed by atoms with van der Waals surface area (Å²) < 4.78 is 31.0. The number of nitrogens with one attached hydrogen (secondary N) is 1. The van der Waals surface area contributed by atoms with Gasteiger partial charge in [0.2, 0.25) is 5.91 Å². The third kappa shape index (κ3) is 5.09. The second kappa shape index (κ2) is 9.01. The van der Waals surface area contributed by atoms with Gasteiger partial charge in [-0.15, -0.1) is 5.10 Å². The van der Waals surface area contributed by atoms with Gasteiger partial charge in [0.1, 0.15) is 10.6 Å². The van der Waals surface area contributed by atoms with Crippen LogP contribution in [0.2, 0.25) is 0 Å². The molecule has 9 heteroatoms. The highest BCUT2D eigenvalue weighted by atomic mass is 32.2. The number of benzene rings is 2. The summed E-state index contributed by atoms with van der Waals surface area (Å²) >= 11 is 1.34. The molecule has 30 heavy (non-hydrogen) atoms. The van der Waals surface area contributed by atoms with E-state index in [1.807, 2.05) is 26.0 Å². The standard InChI is InChI=1S/C21H23N3O4S2/c1-5-18-20(25)23-21(29-18)24-22-12-16-7-6-8-17(11-16)28-30(26,27)19-14(3)9-13(2)10-15(19)4/h6-12,18H,5H2,1-4H3,(H,23,24,25). The van der Waals surface area contributed by atoms with E-state index in [1.54, 1.807) is 38.1 Å². The van der Waals surface area contributed by atoms with E-state index in [0.29, 0.717) is 28.3 Å². The molecule has 1 heterocycles. The minimum Gasteiger partial charge on any atom is -0.379 e. The third-order valence-electron chi connectivity index (χ3n) is 4.42. The summed E-state index contributed by atoms with van der Waals surface area (Å²) in [7, 11) is -3.98. The fraction of sp³-hybridized carbons (Fsp3) is 0.286. The molecule has 0 aromatic heterocycles. The molecule has 2 aromatic carbocycles. The minimum absolute atomic E-state index is 0.0706. The molecule has 0 saturated carbocycles. The zero-order chi connectivity index (χ0) is 21.9. The molecule has 0 bridgehead atoms. The van der Waals surface area contributed by atoms with Gasteiger partial charge in [-0.2, -0.15) is 13.5 Å². The molecule has 2 aromatic rings. The second-order valence-electron chi connectivity index (χ2n) is 6.99. The molecule has 1 fully saturated rings. The lowest BCUT2D eigenvalue weighted by molar-refractivity contribution is -0.118. The average molecular weight is 446 g/mol. The maximum Gasteiger partial charge on any atom is 0.339 e. The monoisotopic (exact) mass is 445 g/mol. The van der Waals surface area contributed by atoms with Crippen LogP contribution in [-0.4, -0.2) is 31.0 Å². The second-order valence-corrected chi connectivity index (χ2v) is 9.67. The Morgan fingerprint density at radius 3 is 2.50 bits per heavy atom. The van der Waals surface area contributed by atoms with Crippen molar-refractivity contribution in [2.75, 3.05) is 0 Å². The number of amides is 1. The van der Waals surface area contributed by atoms with Gasteiger partial charge in [-0.25, -0.2) is 0 Å². The van der Waals surface area contributed by atoms with Crippen LogP contribution in [0.3, 0.4) is 0 Å². The molecule has 0 spiro atoms. The molecule has 0 radical (unpaired) electrons. The van der Waals surface area contributed by atoms with Crippen molar-refractivity contribution in [3.63, 3.8) is 0 Å². The molecule has 1 saturated heterocycles. The van der Waals surface area contributed by atoms with Crippen molar-refractivity contribution in [3.05, 3.63) is 58.7 Å². The quantitative estimate of drug-likeness (QED) is 0.415. The van der Waals surface area contributed by atoms with E-state index >= 15 is 0 Å². The maximum absolute atomic E-state index is 12.8. The summed E-state index contributed by atoms with van der Waals surface area (Å²) in [5.41, 5.74) is 2.89. The summed E-state index contributed by atoms with van der Waals surface area (Å²) in [4.78, 5) is 11.9. The van der Waals surface area contributed by atoms with Gasteiger partial charge >= 0.3 is 10.1 Å². The molecule has 1 atom stereocenters. The normalized spacial score (nSPS) is 18.2. The smallest absolute Gasteiger partial charge is 0.339 e. The largest absolute Gasteiger partial charge is 0.379 e. The first-order valence-electron chi connectivity index (χ1n) is 9.40. The first-order valence-corrected chi connectivity index (χ1v) is 11.7. The molecule has 1 N–H and O–H groups in total. The summed E-state index contributed by atoms with van der Waals surface area (Å²) in [5.74, 6) is 0.110. The maximum atomic E-state index is 12.8. The van der Waals surface area contributed by atoms with Gasteiger partial charge in [0, 0.05) is 0 Å². The Bertz CT molecular complexity index is 1120. The van der Waals surface area contributed by atoms with E-state index in [9.17, 15) is 13.2 Å². The molecule has 7 nitrogen and oxygen atoms in total. The Balaban J connectivity index is 1.77. The Kier molecular flexibility index (Phi) is 6.62. The van der Waals surface area contributed by atoms with Crippen LogP contribution >= 0.6 is 11.8 Å². The molecule has 0 aliphatic carbocycles. The predicted octanol–water partition coefficient (Wildman–Crippen LogP) is 3.71. The number of hydrogen-bond donors (Lipinski definition) is 1. The van der Waals surface area contributed by atoms with Gasteiger partial charge in [-0.05, 0) is 56.0 Å². The van der Waals surface area contributed by atoms with E-state index in [2.05, 4.69) is 15.5 Å². The minimum atomic E-state index is -3.98. The summed E-state index contributed by atoms with van der Waals surface area (Å²) in [6.07, 6.45) is 2.19. The van der Waals surface area contributed by atoms with Crippen LogP contribution in [0.4, 0.5) is 0 Å². The summed E-state index contributed by atoms with van der Waals surface area (Å²) in [6, 6.07) is 10.2. The van der Waals surface area contributed by atoms with Gasteiger partial charge in [0.25, 0.3) is 0 Å². The van der Waals surface area contributed by atoms with Crippen molar-refractivity contribution in [2.45, 2.75) is 44.3 Å². The van der Waals surface area contributed by atoms with Crippen molar-refractivity contribution in [1.29, 1.82) is 0 Å². The van der Waals surface area contributed by atoms with Crippen LogP contribution in [0.25, 0.3) is 0 Å². The van der Waals surface area contributed by atoms with Crippen molar-refractivity contribution in [1.82, 2.24) is 5.32 Å². The predicted molar refractivity (Wildman–Crippen MR) is 120 cm³/mol. The van der Waals surface area contributed by atoms with Crippen LogP contribution in [-0.2, 0) is 14.9 Å². The fourth-order valence-corrected chi connectivity index (χ4v) is 5.45. The lowest BCUT2D eigenvalue weighted by Gasteiger charge is -2.13. The van der Waals surface area contributed by atoms with Crippen LogP contribution in [0.15, 0.2) is 51.5 Å². The van der Waals surface area contributed by atoms with Gasteiger partial charge in [0.05, 0.1) is 11.5 Å². The lowest BCUT2D eigenvalue weighted by atomic mass is 10.1. The molecule has 3 rings (SSSR count). The molecular formula is C21H23N3O4S2. The van der Waals surface area contributed by atoms with Gasteiger partial charge < -0.3 is 9.50 Å². The van der Waals surface area contributed by atoms with Crippen molar-refractivity contribution < 1.29 is 17.4 Å². The zero-order valence-electron chi connectivity index (χ0n) is 17.2. The Hall–Kier alpha value is -2.65.